The second-order valence-corrected chi connectivity index (χ2v) is 10.0. The minimum Gasteiger partial charge on any atom is -0.500 e. The van der Waals surface area contributed by atoms with Gasteiger partial charge in [0.15, 0.2) is 0 Å². The van der Waals surface area contributed by atoms with Crippen molar-refractivity contribution < 1.29 is 32.7 Å². The Morgan fingerprint density at radius 3 is 2.36 bits per heavy atom. The Labute approximate surface area is 254 Å². The first-order chi connectivity index (χ1) is 20.9. The predicted molar refractivity (Wildman–Crippen MR) is 159 cm³/mol. The molecule has 4 aromatic heterocycles. The number of aryl methyl sites for hydroxylation is 4. The van der Waals surface area contributed by atoms with E-state index in [1.165, 1.54) is 17.2 Å². The molecule has 195 valence electrons. The molecule has 0 aliphatic heterocycles. The molecule has 7 aromatic rings. The number of furan rings is 1. The number of thiophene rings is 1. The molecular formula is C34H26IrN2OS-2. The second-order valence-electron chi connectivity index (χ2n) is 9.09. The van der Waals surface area contributed by atoms with Crippen LogP contribution in [0.1, 0.15) is 30.5 Å². The fraction of sp³-hybridized carbons (Fsp3) is 0.118. The summed E-state index contributed by atoms with van der Waals surface area (Å²) in [6.45, 7) is -1.07. The fourth-order valence-electron chi connectivity index (χ4n) is 4.32. The maximum atomic E-state index is 7.80. The van der Waals surface area contributed by atoms with Crippen molar-refractivity contribution in [1.29, 1.82) is 0 Å². The van der Waals surface area contributed by atoms with E-state index in [9.17, 15) is 0 Å². The third-order valence-electron chi connectivity index (χ3n) is 6.35. The van der Waals surface area contributed by atoms with E-state index < -0.39 is 13.7 Å². The Morgan fingerprint density at radius 2 is 1.59 bits per heavy atom. The summed E-state index contributed by atoms with van der Waals surface area (Å²) in [6, 6.07) is 27.5. The van der Waals surface area contributed by atoms with Gasteiger partial charge in [-0.2, -0.15) is 0 Å². The van der Waals surface area contributed by atoms with Crippen LogP contribution in [-0.4, -0.2) is 9.97 Å². The molecule has 0 saturated carbocycles. The van der Waals surface area contributed by atoms with Crippen molar-refractivity contribution in [2.45, 2.75) is 27.6 Å². The Bertz CT molecular complexity index is 2070. The molecule has 0 aliphatic rings. The van der Waals surface area contributed by atoms with Crippen molar-refractivity contribution in [2.24, 2.45) is 0 Å². The van der Waals surface area contributed by atoms with Gasteiger partial charge in [-0.25, -0.2) is 0 Å². The zero-order valence-corrected chi connectivity index (χ0v) is 24.3. The van der Waals surface area contributed by atoms with Crippen LogP contribution in [0, 0.1) is 39.7 Å². The molecule has 0 N–H and O–H groups in total. The third-order valence-corrected chi connectivity index (χ3v) is 7.23. The van der Waals surface area contributed by atoms with Gasteiger partial charge in [0.25, 0.3) is 0 Å². The molecule has 3 nitrogen and oxygen atoms in total. The van der Waals surface area contributed by atoms with Crippen LogP contribution in [0.25, 0.3) is 54.5 Å². The monoisotopic (exact) mass is 709 g/mol. The van der Waals surface area contributed by atoms with Crippen LogP contribution in [0.3, 0.4) is 0 Å². The average Bonchev–Trinajstić information content (AvgIpc) is 3.62. The van der Waals surface area contributed by atoms with Gasteiger partial charge >= 0.3 is 0 Å². The number of pyridine rings is 2. The van der Waals surface area contributed by atoms with E-state index in [2.05, 4.69) is 41.2 Å². The summed E-state index contributed by atoms with van der Waals surface area (Å²) in [7, 11) is 0. The molecule has 5 heteroatoms. The Kier molecular flexibility index (Phi) is 5.85. The van der Waals surface area contributed by atoms with Gasteiger partial charge in [0.1, 0.15) is 5.58 Å². The molecule has 39 heavy (non-hydrogen) atoms. The molecule has 3 aromatic carbocycles. The maximum absolute atomic E-state index is 7.80. The topological polar surface area (TPSA) is 38.9 Å². The predicted octanol–water partition coefficient (Wildman–Crippen LogP) is 9.44. The van der Waals surface area contributed by atoms with Gasteiger partial charge < -0.3 is 14.4 Å². The maximum Gasteiger partial charge on any atom is 0.129 e. The van der Waals surface area contributed by atoms with Gasteiger partial charge in [-0.3, -0.25) is 0 Å². The van der Waals surface area contributed by atoms with Gasteiger partial charge in [-0.15, -0.1) is 64.9 Å². The average molecular weight is 709 g/mol. The van der Waals surface area contributed by atoms with Crippen LogP contribution >= 0.6 is 11.3 Å². The van der Waals surface area contributed by atoms with Crippen molar-refractivity contribution in [2.75, 3.05) is 0 Å². The van der Waals surface area contributed by atoms with E-state index in [0.717, 1.165) is 43.9 Å². The Hall–Kier alpha value is -3.63. The number of fused-ring (bicyclic) bond motifs is 5. The van der Waals surface area contributed by atoms with E-state index in [4.69, 9.17) is 12.6 Å². The SMILES string of the molecule is Cc1c[c-]c(-c2ccc(C)cn2)cc1.[2H]C([2H])([2H])c1cnc(-c2[c-]ccc3c2oc2c4ccsc4ccc32)cc1C([2H])([2H])[2H].[Ir]. The summed E-state index contributed by atoms with van der Waals surface area (Å²) in [5.41, 5.74) is 6.01. The Morgan fingerprint density at radius 1 is 0.769 bits per heavy atom. The van der Waals surface area contributed by atoms with E-state index in [1.807, 2.05) is 61.0 Å². The van der Waals surface area contributed by atoms with E-state index in [-0.39, 0.29) is 31.2 Å². The minimum absolute atomic E-state index is 0. The molecule has 0 aliphatic carbocycles. The van der Waals surface area contributed by atoms with Gasteiger partial charge in [0, 0.05) is 56.2 Å². The van der Waals surface area contributed by atoms with Gasteiger partial charge in [-0.1, -0.05) is 47.7 Å². The smallest absolute Gasteiger partial charge is 0.129 e. The molecule has 0 saturated heterocycles. The molecule has 1 radical (unpaired) electrons. The molecule has 0 bridgehead atoms. The molecule has 4 heterocycles. The normalized spacial score (nSPS) is 13.8. The number of hydrogen-bond donors (Lipinski definition) is 0. The largest absolute Gasteiger partial charge is 0.500 e. The summed E-state index contributed by atoms with van der Waals surface area (Å²) >= 11 is 1.63. The molecule has 7 rings (SSSR count). The molecule has 0 unspecified atom stereocenters. The molecular weight excluding hydrogens is 677 g/mol. The van der Waals surface area contributed by atoms with Crippen molar-refractivity contribution in [3.8, 4) is 22.5 Å². The number of hydrogen-bond acceptors (Lipinski definition) is 4. The summed E-state index contributed by atoms with van der Waals surface area (Å²) in [5, 5.41) is 4.82. The quantitative estimate of drug-likeness (QED) is 0.168. The fourth-order valence-corrected chi connectivity index (χ4v) is 5.10. The molecule has 0 fully saturated rings. The van der Waals surface area contributed by atoms with Crippen LogP contribution in [0.5, 0.6) is 0 Å². The number of aromatic nitrogens is 2. The van der Waals surface area contributed by atoms with Crippen molar-refractivity contribution in [3.05, 3.63) is 119 Å². The summed E-state index contributed by atoms with van der Waals surface area (Å²) in [5.74, 6) is 0. The number of rotatable bonds is 2. The second kappa shape index (κ2) is 11.2. The zero-order valence-electron chi connectivity index (χ0n) is 27.1. The first-order valence-electron chi connectivity index (χ1n) is 15.1. The van der Waals surface area contributed by atoms with E-state index in [1.54, 1.807) is 17.4 Å². The van der Waals surface area contributed by atoms with Crippen molar-refractivity contribution in [3.63, 3.8) is 0 Å². The molecule has 0 amide bonds. The van der Waals surface area contributed by atoms with Gasteiger partial charge in [0.2, 0.25) is 0 Å². The Balaban J connectivity index is 0.000000225. The first kappa shape index (κ1) is 20.3. The number of nitrogens with zero attached hydrogens (tertiary/aromatic N) is 2. The van der Waals surface area contributed by atoms with Gasteiger partial charge in [0.05, 0.1) is 5.58 Å². The standard InChI is InChI=1S/C21H14NOS.C13H12N.Ir/c1-12-10-18(22-11-13(12)2)16-5-3-4-14-15-6-7-19-17(8-9-24-19)21(15)23-20(14)16;1-10-3-6-12(7-4-10)13-8-5-11(2)9-14-13;/h3-4,6-11H,1-2H3;3-6,8-9H,1-2H3;/q2*-1;/i1D3,2D3;;. The molecule has 0 atom stereocenters. The zero-order chi connectivity index (χ0) is 31.2. The molecule has 0 spiro atoms. The van der Waals surface area contributed by atoms with Crippen LogP contribution < -0.4 is 0 Å². The van der Waals surface area contributed by atoms with Crippen LogP contribution in [0.15, 0.2) is 88.9 Å². The summed E-state index contributed by atoms with van der Waals surface area (Å²) < 4.78 is 53.7. The van der Waals surface area contributed by atoms with Crippen LogP contribution in [-0.2, 0) is 20.1 Å². The minimum atomic E-state index is -2.59. The first-order valence-corrected chi connectivity index (χ1v) is 12.9. The van der Waals surface area contributed by atoms with Crippen LogP contribution in [0.2, 0.25) is 0 Å². The van der Waals surface area contributed by atoms with E-state index in [0.29, 0.717) is 16.8 Å². The van der Waals surface area contributed by atoms with Crippen molar-refractivity contribution >= 4 is 43.4 Å². The number of benzene rings is 3. The van der Waals surface area contributed by atoms with Crippen molar-refractivity contribution in [1.82, 2.24) is 9.97 Å². The van der Waals surface area contributed by atoms with E-state index >= 15 is 0 Å². The summed E-state index contributed by atoms with van der Waals surface area (Å²) in [4.78, 5) is 8.61. The van der Waals surface area contributed by atoms with Gasteiger partial charge in [-0.05, 0) is 60.7 Å². The third kappa shape index (κ3) is 5.31. The summed E-state index contributed by atoms with van der Waals surface area (Å²) in [6.07, 6.45) is 3.00. The van der Waals surface area contributed by atoms with Crippen LogP contribution in [0.4, 0.5) is 0 Å².